The number of anilines is 1. The molecule has 1 N–H and O–H groups in total. The molecule has 0 spiro atoms. The molecule has 0 bridgehead atoms. The zero-order chi connectivity index (χ0) is 20.3. The zero-order valence-electron chi connectivity index (χ0n) is 14.6. The Hall–Kier alpha value is -2.29. The van der Waals surface area contributed by atoms with Crippen molar-refractivity contribution in [1.82, 2.24) is 4.90 Å². The van der Waals surface area contributed by atoms with Gasteiger partial charge in [-0.2, -0.15) is 0 Å². The van der Waals surface area contributed by atoms with Gasteiger partial charge in [0.25, 0.3) is 11.1 Å². The number of nitrogens with zero attached hydrogens (tertiary/aromatic N) is 1. The van der Waals surface area contributed by atoms with Crippen LogP contribution in [0.2, 0.25) is 5.02 Å². The van der Waals surface area contributed by atoms with Gasteiger partial charge in [0, 0.05) is 20.7 Å². The third kappa shape index (κ3) is 4.76. The van der Waals surface area contributed by atoms with E-state index in [4.69, 9.17) is 16.3 Å². The van der Waals surface area contributed by atoms with Gasteiger partial charge in [0.1, 0.15) is 12.3 Å². The van der Waals surface area contributed by atoms with Crippen molar-refractivity contribution in [3.05, 3.63) is 62.4 Å². The fourth-order valence-corrected chi connectivity index (χ4v) is 3.90. The molecule has 3 rings (SSSR count). The van der Waals surface area contributed by atoms with Gasteiger partial charge in [0.15, 0.2) is 0 Å². The van der Waals surface area contributed by atoms with Crippen LogP contribution in [-0.2, 0) is 9.59 Å². The summed E-state index contributed by atoms with van der Waals surface area (Å²) in [6.45, 7) is -0.385. The molecule has 1 heterocycles. The second kappa shape index (κ2) is 8.81. The quantitative estimate of drug-likeness (QED) is 0.622. The molecule has 144 valence electrons. The molecule has 0 atom stereocenters. The highest BCUT2D eigenvalue weighted by molar-refractivity contribution is 9.10. The molecule has 2 aromatic carbocycles. The Morgan fingerprint density at radius 1 is 1.29 bits per heavy atom. The smallest absolute Gasteiger partial charge is 0.294 e. The van der Waals surface area contributed by atoms with Crippen molar-refractivity contribution in [3.63, 3.8) is 0 Å². The highest BCUT2D eigenvalue weighted by Crippen LogP contribution is 2.34. The summed E-state index contributed by atoms with van der Waals surface area (Å²) < 4.78 is 6.09. The summed E-state index contributed by atoms with van der Waals surface area (Å²) in [4.78, 5) is 38.2. The summed E-state index contributed by atoms with van der Waals surface area (Å²) in [5.74, 6) is -0.460. The maximum absolute atomic E-state index is 12.6. The summed E-state index contributed by atoms with van der Waals surface area (Å²) in [6.07, 6.45) is 1.57. The Bertz CT molecular complexity index is 996. The van der Waals surface area contributed by atoms with Crippen LogP contribution in [0, 0.1) is 0 Å². The number of rotatable bonds is 5. The van der Waals surface area contributed by atoms with E-state index in [-0.39, 0.29) is 11.4 Å². The number of amides is 3. The van der Waals surface area contributed by atoms with Gasteiger partial charge >= 0.3 is 0 Å². The number of hydrogen-bond acceptors (Lipinski definition) is 5. The monoisotopic (exact) mass is 480 g/mol. The first-order valence-electron chi connectivity index (χ1n) is 8.01. The normalized spacial score (nSPS) is 15.2. The Kier molecular flexibility index (Phi) is 6.43. The minimum absolute atomic E-state index is 0.219. The molecule has 0 radical (unpaired) electrons. The number of methoxy groups -OCH3 is 1. The predicted octanol–water partition coefficient (Wildman–Crippen LogP) is 4.79. The van der Waals surface area contributed by atoms with Gasteiger partial charge < -0.3 is 10.1 Å². The van der Waals surface area contributed by atoms with Gasteiger partial charge in [-0.25, -0.2) is 0 Å². The Balaban J connectivity index is 1.75. The number of ether oxygens (including phenoxy) is 1. The van der Waals surface area contributed by atoms with Crippen molar-refractivity contribution in [2.24, 2.45) is 0 Å². The molecule has 3 amide bonds. The number of benzene rings is 2. The van der Waals surface area contributed by atoms with Crippen LogP contribution in [-0.4, -0.2) is 35.6 Å². The first kappa shape index (κ1) is 20.4. The van der Waals surface area contributed by atoms with Crippen molar-refractivity contribution in [1.29, 1.82) is 0 Å². The standard InChI is InChI=1S/C19H14BrClN2O4S/c1-27-15-6-5-12(20)7-11(15)8-16-18(25)23(19(26)28-16)10-17(24)22-14-4-2-3-13(21)9-14/h2-9H,10H2,1H3,(H,22,24)/b16-8+. The lowest BCUT2D eigenvalue weighted by Gasteiger charge is -2.12. The van der Waals surface area contributed by atoms with E-state index in [0.29, 0.717) is 22.0 Å². The van der Waals surface area contributed by atoms with Crippen molar-refractivity contribution < 1.29 is 19.1 Å². The number of carbonyl (C=O) groups excluding carboxylic acids is 3. The van der Waals surface area contributed by atoms with Crippen LogP contribution in [0.5, 0.6) is 5.75 Å². The summed E-state index contributed by atoms with van der Waals surface area (Å²) in [5, 5.41) is 2.58. The third-order valence-corrected chi connectivity index (χ3v) is 5.40. The first-order valence-corrected chi connectivity index (χ1v) is 10.0. The van der Waals surface area contributed by atoms with Gasteiger partial charge in [-0.05, 0) is 54.2 Å². The van der Waals surface area contributed by atoms with Gasteiger partial charge in [0.05, 0.1) is 12.0 Å². The van der Waals surface area contributed by atoms with E-state index in [0.717, 1.165) is 21.1 Å². The number of carbonyl (C=O) groups is 3. The van der Waals surface area contributed by atoms with Crippen molar-refractivity contribution >= 4 is 68.1 Å². The van der Waals surface area contributed by atoms with E-state index in [9.17, 15) is 14.4 Å². The molecule has 2 aromatic rings. The first-order chi connectivity index (χ1) is 13.4. The summed E-state index contributed by atoms with van der Waals surface area (Å²) in [5.41, 5.74) is 1.13. The number of halogens is 2. The van der Waals surface area contributed by atoms with E-state index in [2.05, 4.69) is 21.2 Å². The number of hydrogen-bond donors (Lipinski definition) is 1. The van der Waals surface area contributed by atoms with Crippen molar-refractivity contribution in [3.8, 4) is 5.75 Å². The molecule has 0 unspecified atom stereocenters. The van der Waals surface area contributed by atoms with Crippen LogP contribution in [0.15, 0.2) is 51.8 Å². The highest BCUT2D eigenvalue weighted by atomic mass is 79.9. The second-order valence-corrected chi connectivity index (χ2v) is 8.06. The van der Waals surface area contributed by atoms with Crippen LogP contribution >= 0.6 is 39.3 Å². The van der Waals surface area contributed by atoms with E-state index < -0.39 is 17.1 Å². The Morgan fingerprint density at radius 2 is 2.07 bits per heavy atom. The molecule has 1 aliphatic heterocycles. The molecular weight excluding hydrogens is 468 g/mol. The van der Waals surface area contributed by atoms with Gasteiger partial charge in [0.2, 0.25) is 5.91 Å². The summed E-state index contributed by atoms with van der Waals surface area (Å²) in [6, 6.07) is 11.9. The largest absolute Gasteiger partial charge is 0.496 e. The molecule has 1 fully saturated rings. The zero-order valence-corrected chi connectivity index (χ0v) is 17.7. The molecule has 6 nitrogen and oxygen atoms in total. The van der Waals surface area contributed by atoms with E-state index in [1.165, 1.54) is 7.11 Å². The average Bonchev–Trinajstić information content (AvgIpc) is 2.89. The number of imide groups is 1. The van der Waals surface area contributed by atoms with Crippen LogP contribution < -0.4 is 10.1 Å². The summed E-state index contributed by atoms with van der Waals surface area (Å²) in [7, 11) is 1.52. The lowest BCUT2D eigenvalue weighted by molar-refractivity contribution is -0.127. The van der Waals surface area contributed by atoms with Crippen molar-refractivity contribution in [2.45, 2.75) is 0 Å². The molecule has 0 aromatic heterocycles. The SMILES string of the molecule is COc1ccc(Br)cc1/C=C1/SC(=O)N(CC(=O)Nc2cccc(Cl)c2)C1=O. The van der Waals surface area contributed by atoms with Crippen molar-refractivity contribution in [2.75, 3.05) is 19.0 Å². The molecule has 1 aliphatic rings. The highest BCUT2D eigenvalue weighted by Gasteiger charge is 2.36. The van der Waals surface area contributed by atoms with E-state index in [1.807, 2.05) is 6.07 Å². The molecular formula is C19H14BrClN2O4S. The Labute approximate surface area is 179 Å². The Morgan fingerprint density at radius 3 is 2.79 bits per heavy atom. The van der Waals surface area contributed by atoms with Crippen LogP contribution in [0.4, 0.5) is 10.5 Å². The minimum Gasteiger partial charge on any atom is -0.496 e. The second-order valence-electron chi connectivity index (χ2n) is 5.71. The fourth-order valence-electron chi connectivity index (χ4n) is 2.51. The van der Waals surface area contributed by atoms with Gasteiger partial charge in [-0.3, -0.25) is 19.3 Å². The minimum atomic E-state index is -0.529. The maximum atomic E-state index is 12.6. The molecule has 0 saturated carbocycles. The van der Waals surface area contributed by atoms with Gasteiger partial charge in [-0.1, -0.05) is 33.6 Å². The number of thioether (sulfide) groups is 1. The maximum Gasteiger partial charge on any atom is 0.294 e. The molecule has 1 saturated heterocycles. The van der Waals surface area contributed by atoms with Crippen LogP contribution in [0.3, 0.4) is 0 Å². The summed E-state index contributed by atoms with van der Waals surface area (Å²) >= 11 is 10.0. The van der Waals surface area contributed by atoms with Gasteiger partial charge in [-0.15, -0.1) is 0 Å². The van der Waals surface area contributed by atoms with Crippen LogP contribution in [0.25, 0.3) is 6.08 Å². The van der Waals surface area contributed by atoms with E-state index >= 15 is 0 Å². The fraction of sp³-hybridized carbons (Fsp3) is 0.105. The predicted molar refractivity (Wildman–Crippen MR) is 113 cm³/mol. The lowest BCUT2D eigenvalue weighted by atomic mass is 10.2. The van der Waals surface area contributed by atoms with Crippen LogP contribution in [0.1, 0.15) is 5.56 Å². The number of nitrogens with one attached hydrogen (secondary N) is 1. The molecule has 0 aliphatic carbocycles. The lowest BCUT2D eigenvalue weighted by Crippen LogP contribution is -2.36. The topological polar surface area (TPSA) is 75.7 Å². The molecule has 28 heavy (non-hydrogen) atoms. The van der Waals surface area contributed by atoms with E-state index in [1.54, 1.807) is 42.5 Å². The average molecular weight is 482 g/mol. The molecule has 9 heteroatoms. The third-order valence-electron chi connectivity index (χ3n) is 3.76.